The molecule has 0 aliphatic carbocycles. The lowest BCUT2D eigenvalue weighted by molar-refractivity contribution is 0.0354. The van der Waals surface area contributed by atoms with Crippen LogP contribution < -0.4 is 14.8 Å². The number of rotatable bonds is 10. The molecule has 2 aromatic carbocycles. The van der Waals surface area contributed by atoms with Crippen LogP contribution in [-0.2, 0) is 9.47 Å². The average Bonchev–Trinajstić information content (AvgIpc) is 2.73. The molecule has 0 amide bonds. The van der Waals surface area contributed by atoms with Crippen molar-refractivity contribution < 1.29 is 18.9 Å². The number of nitrogens with one attached hydrogen (secondary N) is 1. The lowest BCUT2D eigenvalue weighted by atomic mass is 10.0. The monoisotopic (exact) mass is 368 g/mol. The molecule has 0 aliphatic heterocycles. The van der Waals surface area contributed by atoms with Crippen molar-refractivity contribution in [2.45, 2.75) is 6.10 Å². The summed E-state index contributed by atoms with van der Waals surface area (Å²) in [6.45, 7) is 0.757. The molecule has 2 rings (SSSR count). The molecule has 0 aliphatic rings. The number of nitrogens with zero attached hydrogens (tertiary/aromatic N) is 1. The standard InChI is InChI=1S/C21H24N2O4/c1-24-9-10-27-21(16-11-19(25-2)13-20(12-16)26-3)17(14-22)15-23-18-7-5-4-6-8-18/h4-8,11-13,15,21,23H,9-10H2,1-3H3. The summed E-state index contributed by atoms with van der Waals surface area (Å²) < 4.78 is 21.7. The van der Waals surface area contributed by atoms with Gasteiger partial charge in [-0.15, -0.1) is 0 Å². The summed E-state index contributed by atoms with van der Waals surface area (Å²) in [5.41, 5.74) is 2.05. The predicted molar refractivity (Wildman–Crippen MR) is 104 cm³/mol. The van der Waals surface area contributed by atoms with E-state index in [4.69, 9.17) is 18.9 Å². The van der Waals surface area contributed by atoms with Crippen molar-refractivity contribution in [1.29, 1.82) is 5.26 Å². The van der Waals surface area contributed by atoms with Crippen LogP contribution in [0, 0.1) is 11.3 Å². The normalized spacial score (nSPS) is 12.1. The van der Waals surface area contributed by atoms with Crippen molar-refractivity contribution >= 4 is 5.69 Å². The van der Waals surface area contributed by atoms with Crippen LogP contribution in [0.15, 0.2) is 60.3 Å². The van der Waals surface area contributed by atoms with Crippen molar-refractivity contribution in [2.24, 2.45) is 0 Å². The molecule has 0 heterocycles. The van der Waals surface area contributed by atoms with Crippen molar-refractivity contribution in [3.63, 3.8) is 0 Å². The molecule has 0 saturated carbocycles. The van der Waals surface area contributed by atoms with Crippen LogP contribution in [0.4, 0.5) is 5.69 Å². The fourth-order valence-corrected chi connectivity index (χ4v) is 2.46. The van der Waals surface area contributed by atoms with Gasteiger partial charge in [0.25, 0.3) is 0 Å². The molecule has 6 heteroatoms. The van der Waals surface area contributed by atoms with Crippen LogP contribution in [0.25, 0.3) is 0 Å². The number of hydrogen-bond acceptors (Lipinski definition) is 6. The Bertz CT molecular complexity index is 762. The molecule has 27 heavy (non-hydrogen) atoms. The number of ether oxygens (including phenoxy) is 4. The summed E-state index contributed by atoms with van der Waals surface area (Å²) >= 11 is 0. The van der Waals surface area contributed by atoms with Gasteiger partial charge in [0.15, 0.2) is 0 Å². The van der Waals surface area contributed by atoms with E-state index in [2.05, 4.69) is 11.4 Å². The molecular weight excluding hydrogens is 344 g/mol. The molecular formula is C21H24N2O4. The van der Waals surface area contributed by atoms with Gasteiger partial charge in [0.2, 0.25) is 0 Å². The topological polar surface area (TPSA) is 72.7 Å². The maximum absolute atomic E-state index is 9.71. The molecule has 0 fully saturated rings. The molecule has 0 saturated heterocycles. The molecule has 2 aromatic rings. The lowest BCUT2D eigenvalue weighted by Gasteiger charge is -2.19. The first kappa shape index (κ1) is 20.3. The summed E-state index contributed by atoms with van der Waals surface area (Å²) in [6, 6.07) is 17.3. The maximum Gasteiger partial charge on any atom is 0.122 e. The van der Waals surface area contributed by atoms with Gasteiger partial charge in [0.1, 0.15) is 17.6 Å². The second kappa shape index (κ2) is 10.9. The summed E-state index contributed by atoms with van der Waals surface area (Å²) in [5.74, 6) is 1.25. The van der Waals surface area contributed by atoms with Crippen LogP contribution in [0.5, 0.6) is 11.5 Å². The molecule has 1 atom stereocenters. The SMILES string of the molecule is COCCOC(C(C#N)=CNc1ccccc1)c1cc(OC)cc(OC)c1. The Morgan fingerprint density at radius 2 is 1.70 bits per heavy atom. The average molecular weight is 368 g/mol. The van der Waals surface area contributed by atoms with Gasteiger partial charge in [-0.2, -0.15) is 5.26 Å². The molecule has 1 unspecified atom stereocenters. The van der Waals surface area contributed by atoms with E-state index in [9.17, 15) is 5.26 Å². The van der Waals surface area contributed by atoms with Crippen molar-refractivity contribution in [3.8, 4) is 17.6 Å². The summed E-state index contributed by atoms with van der Waals surface area (Å²) in [7, 11) is 4.76. The summed E-state index contributed by atoms with van der Waals surface area (Å²) in [4.78, 5) is 0. The molecule has 1 N–H and O–H groups in total. The second-order valence-corrected chi connectivity index (χ2v) is 5.61. The number of anilines is 1. The van der Waals surface area contributed by atoms with Gasteiger partial charge in [-0.25, -0.2) is 0 Å². The van der Waals surface area contributed by atoms with Gasteiger partial charge in [-0.1, -0.05) is 18.2 Å². The van der Waals surface area contributed by atoms with Crippen LogP contribution in [0.3, 0.4) is 0 Å². The second-order valence-electron chi connectivity index (χ2n) is 5.61. The summed E-state index contributed by atoms with van der Waals surface area (Å²) in [6.07, 6.45) is 1.06. The predicted octanol–water partition coefficient (Wildman–Crippen LogP) is 3.93. The smallest absolute Gasteiger partial charge is 0.122 e. The number of nitriles is 1. The molecule has 0 radical (unpaired) electrons. The number of methoxy groups -OCH3 is 3. The van der Waals surface area contributed by atoms with E-state index in [0.717, 1.165) is 11.3 Å². The Morgan fingerprint density at radius 3 is 2.26 bits per heavy atom. The Hall–Kier alpha value is -3.01. The van der Waals surface area contributed by atoms with Gasteiger partial charge < -0.3 is 24.3 Å². The highest BCUT2D eigenvalue weighted by atomic mass is 16.5. The van der Waals surface area contributed by atoms with E-state index in [1.54, 1.807) is 33.6 Å². The highest BCUT2D eigenvalue weighted by Gasteiger charge is 2.20. The minimum Gasteiger partial charge on any atom is -0.497 e. The van der Waals surface area contributed by atoms with Crippen molar-refractivity contribution in [1.82, 2.24) is 0 Å². The molecule has 142 valence electrons. The van der Waals surface area contributed by atoms with Crippen molar-refractivity contribution in [3.05, 3.63) is 65.9 Å². The molecule has 0 bridgehead atoms. The van der Waals surface area contributed by atoms with Crippen LogP contribution in [-0.4, -0.2) is 34.5 Å². The molecule has 6 nitrogen and oxygen atoms in total. The highest BCUT2D eigenvalue weighted by molar-refractivity contribution is 5.49. The minimum atomic E-state index is -0.592. The zero-order valence-electron chi connectivity index (χ0n) is 15.8. The van der Waals surface area contributed by atoms with Crippen LogP contribution in [0.1, 0.15) is 11.7 Å². The van der Waals surface area contributed by atoms with E-state index in [1.165, 1.54) is 0 Å². The Balaban J connectivity index is 2.35. The zero-order chi connectivity index (χ0) is 19.5. The van der Waals surface area contributed by atoms with Crippen LogP contribution >= 0.6 is 0 Å². The maximum atomic E-state index is 9.71. The number of hydrogen-bond donors (Lipinski definition) is 1. The lowest BCUT2D eigenvalue weighted by Crippen LogP contribution is -2.12. The fourth-order valence-electron chi connectivity index (χ4n) is 2.46. The number of benzene rings is 2. The van der Waals surface area contributed by atoms with Gasteiger partial charge >= 0.3 is 0 Å². The summed E-state index contributed by atoms with van der Waals surface area (Å²) in [5, 5.41) is 12.8. The van der Waals surface area contributed by atoms with Gasteiger partial charge in [-0.3, -0.25) is 0 Å². The van der Waals surface area contributed by atoms with Gasteiger partial charge in [-0.05, 0) is 29.8 Å². The minimum absolute atomic E-state index is 0.338. The van der Waals surface area contributed by atoms with Crippen molar-refractivity contribution in [2.75, 3.05) is 39.9 Å². The van der Waals surface area contributed by atoms with E-state index in [-0.39, 0.29) is 0 Å². The van der Waals surface area contributed by atoms with E-state index < -0.39 is 6.10 Å². The Morgan fingerprint density at radius 1 is 1.04 bits per heavy atom. The third kappa shape index (κ3) is 6.03. The quantitative estimate of drug-likeness (QED) is 0.506. The number of para-hydroxylation sites is 1. The fraction of sp³-hybridized carbons (Fsp3) is 0.286. The van der Waals surface area contributed by atoms with E-state index in [1.807, 2.05) is 42.5 Å². The van der Waals surface area contributed by atoms with E-state index in [0.29, 0.717) is 30.3 Å². The Labute approximate surface area is 159 Å². The first-order valence-electron chi connectivity index (χ1n) is 8.47. The van der Waals surface area contributed by atoms with E-state index >= 15 is 0 Å². The zero-order valence-corrected chi connectivity index (χ0v) is 15.8. The largest absolute Gasteiger partial charge is 0.497 e. The van der Waals surface area contributed by atoms with Crippen LogP contribution in [0.2, 0.25) is 0 Å². The first-order valence-corrected chi connectivity index (χ1v) is 8.47. The third-order valence-electron chi connectivity index (χ3n) is 3.83. The molecule has 0 aromatic heterocycles. The highest BCUT2D eigenvalue weighted by Crippen LogP contribution is 2.32. The Kier molecular flexibility index (Phi) is 8.17. The van der Waals surface area contributed by atoms with Gasteiger partial charge in [0, 0.05) is 25.1 Å². The van der Waals surface area contributed by atoms with Gasteiger partial charge in [0.05, 0.1) is 39.1 Å². The third-order valence-corrected chi connectivity index (χ3v) is 3.83. The first-order chi connectivity index (χ1) is 13.2. The molecule has 0 spiro atoms.